The highest BCUT2D eigenvalue weighted by Crippen LogP contribution is 2.21. The number of rotatable bonds is 5. The number of nitrogens with one attached hydrogen (secondary N) is 1. The maximum Gasteiger partial charge on any atom is 0.194 e. The highest BCUT2D eigenvalue weighted by Gasteiger charge is 2.14. The Morgan fingerprint density at radius 2 is 1.70 bits per heavy atom. The number of hydrogen-bond acceptors (Lipinski definition) is 3. The van der Waals surface area contributed by atoms with Crippen molar-refractivity contribution in [3.8, 4) is 0 Å². The Labute approximate surface area is 179 Å². The van der Waals surface area contributed by atoms with Crippen molar-refractivity contribution < 1.29 is 4.74 Å². The van der Waals surface area contributed by atoms with E-state index in [9.17, 15) is 0 Å². The van der Waals surface area contributed by atoms with Crippen molar-refractivity contribution in [2.24, 2.45) is 4.99 Å². The lowest BCUT2D eigenvalue weighted by Gasteiger charge is -2.31. The van der Waals surface area contributed by atoms with Gasteiger partial charge in [-0.15, -0.1) is 24.0 Å². The first kappa shape index (κ1) is 21.5. The molecule has 1 aliphatic rings. The van der Waals surface area contributed by atoms with Crippen molar-refractivity contribution in [3.05, 3.63) is 65.7 Å². The second-order valence-corrected chi connectivity index (χ2v) is 6.60. The molecule has 6 heteroatoms. The third kappa shape index (κ3) is 6.39. The number of para-hydroxylation sites is 1. The number of anilines is 1. The normalized spacial score (nSPS) is 14.4. The number of benzene rings is 2. The Kier molecular flexibility index (Phi) is 8.87. The molecule has 0 amide bonds. The number of morpholine rings is 1. The molecule has 0 bridgehead atoms. The molecule has 1 saturated heterocycles. The van der Waals surface area contributed by atoms with Gasteiger partial charge in [-0.05, 0) is 17.2 Å². The van der Waals surface area contributed by atoms with E-state index in [1.54, 1.807) is 0 Å². The smallest absolute Gasteiger partial charge is 0.194 e. The Bertz CT molecular complexity index is 715. The molecule has 0 aliphatic carbocycles. The Morgan fingerprint density at radius 3 is 2.41 bits per heavy atom. The topological polar surface area (TPSA) is 40.1 Å². The second kappa shape index (κ2) is 11.1. The predicted octanol–water partition coefficient (Wildman–Crippen LogP) is 3.35. The highest BCUT2D eigenvalue weighted by molar-refractivity contribution is 14.0. The van der Waals surface area contributed by atoms with Crippen LogP contribution in [0.3, 0.4) is 0 Å². The fourth-order valence-electron chi connectivity index (χ4n) is 3.05. The molecule has 2 aromatic rings. The van der Waals surface area contributed by atoms with Gasteiger partial charge >= 0.3 is 0 Å². The van der Waals surface area contributed by atoms with Crippen molar-refractivity contribution in [3.63, 3.8) is 0 Å². The summed E-state index contributed by atoms with van der Waals surface area (Å²) in [4.78, 5) is 9.18. The number of halogens is 1. The average Bonchev–Trinajstić information content (AvgIpc) is 2.69. The first-order chi connectivity index (χ1) is 12.7. The third-order valence-corrected chi connectivity index (χ3v) is 4.46. The average molecular weight is 480 g/mol. The van der Waals surface area contributed by atoms with Crippen LogP contribution in [0, 0.1) is 0 Å². The molecule has 2 aromatic carbocycles. The highest BCUT2D eigenvalue weighted by atomic mass is 127. The molecular weight excluding hydrogens is 451 g/mol. The van der Waals surface area contributed by atoms with E-state index in [0.717, 1.165) is 38.8 Å². The zero-order chi connectivity index (χ0) is 18.2. The molecule has 0 atom stereocenters. The minimum Gasteiger partial charge on any atom is -0.378 e. The van der Waals surface area contributed by atoms with Crippen LogP contribution in [0.25, 0.3) is 0 Å². The van der Waals surface area contributed by atoms with Gasteiger partial charge in [-0.25, -0.2) is 4.99 Å². The molecule has 0 radical (unpaired) electrons. The lowest BCUT2D eigenvalue weighted by atomic mass is 10.1. The van der Waals surface area contributed by atoms with Gasteiger partial charge in [-0.2, -0.15) is 0 Å². The summed E-state index contributed by atoms with van der Waals surface area (Å²) < 4.78 is 5.48. The standard InChI is InChI=1S/C21H28N4O.HI/c1-24(2)21(22-16-18-8-4-3-5-9-18)23-17-19-10-6-7-11-20(19)25-12-14-26-15-13-25;/h3-11H,12-17H2,1-2H3,(H,22,23);1H. The summed E-state index contributed by atoms with van der Waals surface area (Å²) in [5, 5.41) is 3.50. The van der Waals surface area contributed by atoms with E-state index in [0.29, 0.717) is 6.54 Å². The molecule has 1 N–H and O–H groups in total. The number of ether oxygens (including phenoxy) is 1. The summed E-state index contributed by atoms with van der Waals surface area (Å²) in [6.07, 6.45) is 0. The van der Waals surface area contributed by atoms with E-state index in [1.807, 2.05) is 37.2 Å². The summed E-state index contributed by atoms with van der Waals surface area (Å²) in [6.45, 7) is 4.90. The SMILES string of the molecule is CN(C)C(=NCc1ccccc1)NCc1ccccc1N1CCOCC1.I. The zero-order valence-electron chi connectivity index (χ0n) is 16.1. The molecular formula is C21H29IN4O. The van der Waals surface area contributed by atoms with Crippen LogP contribution in [0.2, 0.25) is 0 Å². The summed E-state index contributed by atoms with van der Waals surface area (Å²) in [5.74, 6) is 0.894. The summed E-state index contributed by atoms with van der Waals surface area (Å²) in [6, 6.07) is 18.9. The fraction of sp³-hybridized carbons (Fsp3) is 0.381. The van der Waals surface area contributed by atoms with Gasteiger partial charge in [-0.3, -0.25) is 0 Å². The van der Waals surface area contributed by atoms with Crippen LogP contribution < -0.4 is 10.2 Å². The predicted molar refractivity (Wildman–Crippen MR) is 123 cm³/mol. The maximum atomic E-state index is 5.48. The van der Waals surface area contributed by atoms with Gasteiger partial charge in [0.25, 0.3) is 0 Å². The van der Waals surface area contributed by atoms with Gasteiger partial charge in [0, 0.05) is 39.4 Å². The van der Waals surface area contributed by atoms with Gasteiger partial charge in [-0.1, -0.05) is 48.5 Å². The minimum atomic E-state index is 0. The van der Waals surface area contributed by atoms with Gasteiger partial charge in [0.05, 0.1) is 19.8 Å². The van der Waals surface area contributed by atoms with Crippen LogP contribution in [0.5, 0.6) is 0 Å². The molecule has 0 unspecified atom stereocenters. The molecule has 5 nitrogen and oxygen atoms in total. The second-order valence-electron chi connectivity index (χ2n) is 6.60. The first-order valence-electron chi connectivity index (χ1n) is 9.14. The fourth-order valence-corrected chi connectivity index (χ4v) is 3.05. The van der Waals surface area contributed by atoms with Crippen LogP contribution in [-0.2, 0) is 17.8 Å². The van der Waals surface area contributed by atoms with E-state index in [2.05, 4.69) is 46.6 Å². The van der Waals surface area contributed by atoms with Gasteiger partial charge in [0.15, 0.2) is 5.96 Å². The van der Waals surface area contributed by atoms with E-state index >= 15 is 0 Å². The van der Waals surface area contributed by atoms with Crippen molar-refractivity contribution in [1.29, 1.82) is 0 Å². The quantitative estimate of drug-likeness (QED) is 0.405. The molecule has 0 spiro atoms. The van der Waals surface area contributed by atoms with Crippen molar-refractivity contribution in [2.45, 2.75) is 13.1 Å². The molecule has 3 rings (SSSR count). The van der Waals surface area contributed by atoms with Crippen molar-refractivity contribution in [2.75, 3.05) is 45.3 Å². The summed E-state index contributed by atoms with van der Waals surface area (Å²) in [7, 11) is 4.04. The van der Waals surface area contributed by atoms with Crippen LogP contribution in [0.15, 0.2) is 59.6 Å². The molecule has 1 fully saturated rings. The Balaban J connectivity index is 0.00000261. The van der Waals surface area contributed by atoms with E-state index < -0.39 is 0 Å². The van der Waals surface area contributed by atoms with Crippen LogP contribution in [-0.4, -0.2) is 51.3 Å². The first-order valence-corrected chi connectivity index (χ1v) is 9.14. The molecule has 27 heavy (non-hydrogen) atoms. The van der Waals surface area contributed by atoms with Gasteiger partial charge in [0.1, 0.15) is 0 Å². The molecule has 1 heterocycles. The molecule has 146 valence electrons. The van der Waals surface area contributed by atoms with Crippen LogP contribution in [0.1, 0.15) is 11.1 Å². The van der Waals surface area contributed by atoms with Crippen LogP contribution in [0.4, 0.5) is 5.69 Å². The van der Waals surface area contributed by atoms with Crippen molar-refractivity contribution in [1.82, 2.24) is 10.2 Å². The summed E-state index contributed by atoms with van der Waals surface area (Å²) >= 11 is 0. The van der Waals surface area contributed by atoms with E-state index in [4.69, 9.17) is 9.73 Å². The lowest BCUT2D eigenvalue weighted by Crippen LogP contribution is -2.38. The lowest BCUT2D eigenvalue weighted by molar-refractivity contribution is 0.122. The number of guanidine groups is 1. The molecule has 0 saturated carbocycles. The number of hydrogen-bond donors (Lipinski definition) is 1. The van der Waals surface area contributed by atoms with E-state index in [1.165, 1.54) is 16.8 Å². The number of nitrogens with zero attached hydrogens (tertiary/aromatic N) is 3. The Hall–Kier alpha value is -1.80. The van der Waals surface area contributed by atoms with Crippen molar-refractivity contribution >= 4 is 35.6 Å². The van der Waals surface area contributed by atoms with Crippen LogP contribution >= 0.6 is 24.0 Å². The summed E-state index contributed by atoms with van der Waals surface area (Å²) in [5.41, 5.74) is 3.77. The van der Waals surface area contributed by atoms with E-state index in [-0.39, 0.29) is 24.0 Å². The molecule has 1 aliphatic heterocycles. The zero-order valence-corrected chi connectivity index (χ0v) is 18.4. The minimum absolute atomic E-state index is 0. The maximum absolute atomic E-state index is 5.48. The third-order valence-electron chi connectivity index (χ3n) is 4.46. The number of aliphatic imine (C=N–C) groups is 1. The van der Waals surface area contributed by atoms with Gasteiger partial charge < -0.3 is 19.9 Å². The largest absolute Gasteiger partial charge is 0.378 e. The Morgan fingerprint density at radius 1 is 1.04 bits per heavy atom. The monoisotopic (exact) mass is 480 g/mol. The van der Waals surface area contributed by atoms with Gasteiger partial charge in [0.2, 0.25) is 0 Å². The molecule has 0 aromatic heterocycles.